The van der Waals surface area contributed by atoms with Crippen LogP contribution in [0.1, 0.15) is 0 Å². The van der Waals surface area contributed by atoms with Crippen molar-refractivity contribution in [2.75, 3.05) is 7.05 Å². The van der Waals surface area contributed by atoms with Crippen molar-refractivity contribution in [2.24, 2.45) is 4.99 Å². The summed E-state index contributed by atoms with van der Waals surface area (Å²) >= 11 is 0. The molecule has 17 heavy (non-hydrogen) atoms. The maximum atomic E-state index is 10.7. The molecule has 0 amide bonds. The quantitative estimate of drug-likeness (QED) is 0.461. The summed E-state index contributed by atoms with van der Waals surface area (Å²) < 4.78 is 0. The van der Waals surface area contributed by atoms with Crippen molar-refractivity contribution in [3.8, 4) is 5.69 Å². The molecule has 1 heterocycles. The van der Waals surface area contributed by atoms with Crippen LogP contribution in [0.15, 0.2) is 35.3 Å². The maximum absolute atomic E-state index is 10.7. The average molecular weight is 235 g/mol. The van der Waals surface area contributed by atoms with Gasteiger partial charge in [0.15, 0.2) is 0 Å². The van der Waals surface area contributed by atoms with E-state index < -0.39 is 10.7 Å². The Hall–Kier alpha value is -2.64. The van der Waals surface area contributed by atoms with E-state index in [0.29, 0.717) is 10.5 Å². The summed E-state index contributed by atoms with van der Waals surface area (Å²) in [5.74, 6) is -0.501. The predicted molar refractivity (Wildman–Crippen MR) is 56.9 cm³/mol. The Morgan fingerprint density at radius 1 is 1.41 bits per heavy atom. The number of aromatic nitrogens is 3. The first-order valence-corrected chi connectivity index (χ1v) is 4.69. The van der Waals surface area contributed by atoms with Crippen LogP contribution in [0.4, 0.5) is 5.82 Å². The van der Waals surface area contributed by atoms with Crippen LogP contribution >= 0.6 is 0 Å². The van der Waals surface area contributed by atoms with Gasteiger partial charge in [-0.2, -0.15) is 0 Å². The second kappa shape index (κ2) is 4.08. The van der Waals surface area contributed by atoms with Gasteiger partial charge in [-0.15, -0.1) is 0 Å². The van der Waals surface area contributed by atoms with E-state index in [1.807, 2.05) is 0 Å². The third kappa shape index (κ3) is 1.75. The number of nitrogens with zero attached hydrogens (tertiary/aromatic N) is 5. The van der Waals surface area contributed by atoms with E-state index in [1.54, 1.807) is 30.3 Å². The van der Waals surface area contributed by atoms with Gasteiger partial charge in [-0.25, -0.2) is 0 Å². The normalized spacial score (nSPS) is 11.7. The molecular formula is C9H9N5O3. The van der Waals surface area contributed by atoms with Gasteiger partial charge in [0.2, 0.25) is 0 Å². The third-order valence-electron chi connectivity index (χ3n) is 2.13. The second-order valence-corrected chi connectivity index (χ2v) is 3.14. The van der Waals surface area contributed by atoms with Crippen molar-refractivity contribution in [1.29, 1.82) is 0 Å². The summed E-state index contributed by atoms with van der Waals surface area (Å²) in [6.07, 6.45) is 0. The minimum Gasteiger partial charge on any atom is -0.409 e. The van der Waals surface area contributed by atoms with Gasteiger partial charge in [0.1, 0.15) is 5.69 Å². The van der Waals surface area contributed by atoms with E-state index in [2.05, 4.69) is 10.1 Å². The lowest BCUT2D eigenvalue weighted by molar-refractivity contribution is -0.391. The molecule has 2 aromatic rings. The van der Waals surface area contributed by atoms with Gasteiger partial charge in [-0.05, 0) is 21.9 Å². The lowest BCUT2D eigenvalue weighted by Crippen LogP contribution is -2.21. The zero-order valence-electron chi connectivity index (χ0n) is 8.89. The number of hydrogen-bond acceptors (Lipinski definition) is 5. The standard InChI is InChI=1S/C9H9N5O3/c1-10-8-9(14(16)17)11-12(13(8)15)7-5-3-2-4-6-7/h2-6,15H,1H3. The van der Waals surface area contributed by atoms with Crippen molar-refractivity contribution in [1.82, 2.24) is 14.7 Å². The minimum atomic E-state index is -0.700. The molecule has 1 N–H and O–H groups in total. The van der Waals surface area contributed by atoms with Crippen molar-refractivity contribution in [2.45, 2.75) is 0 Å². The molecule has 0 fully saturated rings. The van der Waals surface area contributed by atoms with Crippen LogP contribution in [-0.4, -0.2) is 31.9 Å². The van der Waals surface area contributed by atoms with Gasteiger partial charge in [0, 0.05) is 7.05 Å². The SMILES string of the molecule is CN=c1c([N+](=O)[O-])nn(-c2ccccc2)n1O. The molecule has 0 atom stereocenters. The highest BCUT2D eigenvalue weighted by atomic mass is 16.6. The molecule has 88 valence electrons. The number of rotatable bonds is 2. The summed E-state index contributed by atoms with van der Waals surface area (Å²) in [6, 6.07) is 8.55. The van der Waals surface area contributed by atoms with Gasteiger partial charge < -0.3 is 15.3 Å². The predicted octanol–water partition coefficient (Wildman–Crippen LogP) is 0.350. The highest BCUT2D eigenvalue weighted by Gasteiger charge is 2.23. The number of nitro groups is 1. The fourth-order valence-corrected chi connectivity index (χ4v) is 1.39. The van der Waals surface area contributed by atoms with Crippen molar-refractivity contribution in [3.05, 3.63) is 45.9 Å². The summed E-state index contributed by atoms with van der Waals surface area (Å²) in [5.41, 5.74) is 0.284. The molecule has 0 bridgehead atoms. The number of hydrogen-bond donors (Lipinski definition) is 1. The third-order valence-corrected chi connectivity index (χ3v) is 2.13. The van der Waals surface area contributed by atoms with Gasteiger partial charge in [0.05, 0.1) is 5.10 Å². The fraction of sp³-hybridized carbons (Fsp3) is 0.111. The van der Waals surface area contributed by atoms with Crippen LogP contribution in [0.3, 0.4) is 0 Å². The first-order valence-electron chi connectivity index (χ1n) is 4.69. The molecule has 1 aromatic carbocycles. The molecule has 0 aliphatic rings. The van der Waals surface area contributed by atoms with Crippen molar-refractivity contribution < 1.29 is 10.1 Å². The topological polar surface area (TPSA) is 98.5 Å². The molecule has 8 nitrogen and oxygen atoms in total. The first-order chi connectivity index (χ1) is 8.15. The first kappa shape index (κ1) is 10.9. The zero-order chi connectivity index (χ0) is 12.4. The molecule has 2 rings (SSSR count). The van der Waals surface area contributed by atoms with Crippen LogP contribution < -0.4 is 5.49 Å². The molecule has 0 aliphatic carbocycles. The zero-order valence-corrected chi connectivity index (χ0v) is 8.89. The summed E-state index contributed by atoms with van der Waals surface area (Å²) in [6.45, 7) is 0. The molecule has 0 spiro atoms. The van der Waals surface area contributed by atoms with Crippen LogP contribution in [0.5, 0.6) is 0 Å². The smallest absolute Gasteiger partial charge is 0.409 e. The van der Waals surface area contributed by atoms with Gasteiger partial charge in [-0.3, -0.25) is 4.99 Å². The largest absolute Gasteiger partial charge is 0.438 e. The Balaban J connectivity index is 2.70. The average Bonchev–Trinajstić information content (AvgIpc) is 2.67. The Labute approximate surface area is 95.2 Å². The van der Waals surface area contributed by atoms with Crippen LogP contribution in [-0.2, 0) is 0 Å². The minimum absolute atomic E-state index is 0.209. The molecule has 0 radical (unpaired) electrons. The summed E-state index contributed by atoms with van der Waals surface area (Å²) in [7, 11) is 1.34. The van der Waals surface area contributed by atoms with Crippen molar-refractivity contribution >= 4 is 5.82 Å². The van der Waals surface area contributed by atoms with E-state index in [1.165, 1.54) is 7.05 Å². The summed E-state index contributed by atoms with van der Waals surface area (Å²) in [4.78, 5) is 15.2. The molecule has 1 aromatic heterocycles. The Morgan fingerprint density at radius 2 is 2.06 bits per heavy atom. The Bertz CT molecular complexity index is 613. The highest BCUT2D eigenvalue weighted by molar-refractivity contribution is 5.29. The molecule has 0 aliphatic heterocycles. The highest BCUT2D eigenvalue weighted by Crippen LogP contribution is 2.06. The molecule has 0 saturated heterocycles. The monoisotopic (exact) mass is 235 g/mol. The molecule has 0 saturated carbocycles. The fourth-order valence-electron chi connectivity index (χ4n) is 1.39. The maximum Gasteiger partial charge on any atom is 0.438 e. The van der Waals surface area contributed by atoms with Crippen molar-refractivity contribution in [3.63, 3.8) is 0 Å². The lowest BCUT2D eigenvalue weighted by atomic mass is 10.3. The van der Waals surface area contributed by atoms with Crippen LogP contribution in [0.25, 0.3) is 5.69 Å². The van der Waals surface area contributed by atoms with E-state index >= 15 is 0 Å². The number of para-hydroxylation sites is 1. The molecule has 8 heteroatoms. The van der Waals surface area contributed by atoms with E-state index in [0.717, 1.165) is 4.80 Å². The van der Waals surface area contributed by atoms with Gasteiger partial charge in [0.25, 0.3) is 5.49 Å². The van der Waals surface area contributed by atoms with E-state index in [4.69, 9.17) is 0 Å². The van der Waals surface area contributed by atoms with Crippen LogP contribution in [0, 0.1) is 10.1 Å². The second-order valence-electron chi connectivity index (χ2n) is 3.14. The van der Waals surface area contributed by atoms with E-state index in [-0.39, 0.29) is 5.49 Å². The number of benzene rings is 1. The van der Waals surface area contributed by atoms with E-state index in [9.17, 15) is 15.3 Å². The van der Waals surface area contributed by atoms with Crippen LogP contribution in [0.2, 0.25) is 0 Å². The Morgan fingerprint density at radius 3 is 2.53 bits per heavy atom. The summed E-state index contributed by atoms with van der Waals surface area (Å²) in [5, 5.41) is 24.1. The van der Waals surface area contributed by atoms with Gasteiger partial charge >= 0.3 is 5.82 Å². The molecular weight excluding hydrogens is 226 g/mol. The lowest BCUT2D eigenvalue weighted by Gasteiger charge is -1.97. The van der Waals surface area contributed by atoms with Gasteiger partial charge in [-0.1, -0.05) is 23.0 Å². The Kier molecular flexibility index (Phi) is 2.61. The molecule has 0 unspecified atom stereocenters.